The van der Waals surface area contributed by atoms with Gasteiger partial charge in [-0.3, -0.25) is 9.78 Å². The topological polar surface area (TPSA) is 63.6 Å². The Morgan fingerprint density at radius 3 is 2.52 bits per heavy atom. The Kier molecular flexibility index (Phi) is 5.11. The molecule has 2 rings (SSSR count). The molecule has 1 aromatic heterocycles. The van der Waals surface area contributed by atoms with E-state index < -0.39 is 0 Å². The Balaban J connectivity index is 2.13. The second kappa shape index (κ2) is 7.05. The van der Waals surface area contributed by atoms with E-state index in [2.05, 4.69) is 36.3 Å². The quantitative estimate of drug-likeness (QED) is 0.697. The summed E-state index contributed by atoms with van der Waals surface area (Å²) in [4.78, 5) is 15.8. The van der Waals surface area contributed by atoms with E-state index in [1.54, 1.807) is 37.9 Å². The van der Waals surface area contributed by atoms with Crippen LogP contribution >= 0.6 is 0 Å². The summed E-state index contributed by atoms with van der Waals surface area (Å²) in [5, 5.41) is 4.01. The molecule has 0 saturated carbocycles. The molecule has 0 aliphatic heterocycles. The van der Waals surface area contributed by atoms with E-state index in [4.69, 9.17) is 4.74 Å². The zero-order valence-corrected chi connectivity index (χ0v) is 13.8. The number of aromatic nitrogens is 1. The first kappa shape index (κ1) is 16.7. The first-order valence-electron chi connectivity index (χ1n) is 7.34. The highest BCUT2D eigenvalue weighted by Gasteiger charge is 2.18. The molecule has 5 heteroatoms. The van der Waals surface area contributed by atoms with Crippen molar-refractivity contribution < 1.29 is 9.53 Å². The molecule has 1 amide bonds. The Morgan fingerprint density at radius 2 is 1.91 bits per heavy atom. The van der Waals surface area contributed by atoms with Crippen LogP contribution in [0.1, 0.15) is 42.3 Å². The van der Waals surface area contributed by atoms with Crippen LogP contribution in [0.5, 0.6) is 5.75 Å². The van der Waals surface area contributed by atoms with Crippen molar-refractivity contribution in [2.75, 3.05) is 7.11 Å². The number of methoxy groups -OCH3 is 1. The molecule has 5 nitrogen and oxygen atoms in total. The molecule has 0 spiro atoms. The molecule has 1 heterocycles. The third-order valence-corrected chi connectivity index (χ3v) is 3.35. The third kappa shape index (κ3) is 4.39. The van der Waals surface area contributed by atoms with Crippen molar-refractivity contribution in [2.24, 2.45) is 5.10 Å². The normalized spacial score (nSPS) is 11.5. The second-order valence-electron chi connectivity index (χ2n) is 6.14. The van der Waals surface area contributed by atoms with Gasteiger partial charge in [0.15, 0.2) is 0 Å². The molecule has 0 unspecified atom stereocenters. The van der Waals surface area contributed by atoms with E-state index >= 15 is 0 Å². The van der Waals surface area contributed by atoms with Gasteiger partial charge in [-0.15, -0.1) is 0 Å². The minimum Gasteiger partial charge on any atom is -0.496 e. The molecule has 0 aliphatic carbocycles. The second-order valence-corrected chi connectivity index (χ2v) is 6.14. The Labute approximate surface area is 136 Å². The van der Waals surface area contributed by atoms with Gasteiger partial charge < -0.3 is 4.74 Å². The van der Waals surface area contributed by atoms with Crippen LogP contribution in [-0.4, -0.2) is 24.2 Å². The van der Waals surface area contributed by atoms with E-state index in [-0.39, 0.29) is 11.3 Å². The number of benzene rings is 1. The maximum absolute atomic E-state index is 11.9. The molecule has 120 valence electrons. The van der Waals surface area contributed by atoms with Crippen molar-refractivity contribution >= 4 is 12.1 Å². The van der Waals surface area contributed by atoms with Gasteiger partial charge in [0, 0.05) is 23.5 Å². The molecule has 1 N–H and O–H groups in total. The highest BCUT2D eigenvalue weighted by atomic mass is 16.5. The molecule has 23 heavy (non-hydrogen) atoms. The summed E-state index contributed by atoms with van der Waals surface area (Å²) >= 11 is 0. The van der Waals surface area contributed by atoms with Crippen molar-refractivity contribution in [2.45, 2.75) is 26.2 Å². The highest BCUT2D eigenvalue weighted by molar-refractivity contribution is 5.94. The van der Waals surface area contributed by atoms with Crippen molar-refractivity contribution in [3.63, 3.8) is 0 Å². The first-order valence-corrected chi connectivity index (χ1v) is 7.34. The van der Waals surface area contributed by atoms with Crippen LogP contribution in [0.25, 0.3) is 0 Å². The smallest absolute Gasteiger partial charge is 0.271 e. The molecule has 0 aliphatic rings. The van der Waals surface area contributed by atoms with Crippen LogP contribution in [0, 0.1) is 0 Å². The van der Waals surface area contributed by atoms with Crippen LogP contribution in [0.3, 0.4) is 0 Å². The van der Waals surface area contributed by atoms with E-state index in [0.717, 1.165) is 16.9 Å². The fraction of sp³-hybridized carbons (Fsp3) is 0.278. The van der Waals surface area contributed by atoms with E-state index in [9.17, 15) is 4.79 Å². The van der Waals surface area contributed by atoms with E-state index in [1.807, 2.05) is 18.2 Å². The summed E-state index contributed by atoms with van der Waals surface area (Å²) in [6.45, 7) is 6.37. The summed E-state index contributed by atoms with van der Waals surface area (Å²) in [7, 11) is 1.66. The largest absolute Gasteiger partial charge is 0.496 e. The van der Waals surface area contributed by atoms with Gasteiger partial charge in [-0.1, -0.05) is 20.8 Å². The van der Waals surface area contributed by atoms with Gasteiger partial charge >= 0.3 is 0 Å². The van der Waals surface area contributed by atoms with Gasteiger partial charge in [0.25, 0.3) is 5.91 Å². The van der Waals surface area contributed by atoms with Gasteiger partial charge in [-0.05, 0) is 41.3 Å². The lowest BCUT2D eigenvalue weighted by Gasteiger charge is -2.22. The summed E-state index contributed by atoms with van der Waals surface area (Å²) in [5.41, 5.74) is 4.96. The number of hydrogen-bond acceptors (Lipinski definition) is 4. The number of carbonyl (C=O) groups is 1. The van der Waals surface area contributed by atoms with Crippen LogP contribution in [0.15, 0.2) is 47.8 Å². The van der Waals surface area contributed by atoms with Crippen molar-refractivity contribution in [1.82, 2.24) is 10.4 Å². The Hall–Kier alpha value is -2.69. The number of nitrogens with one attached hydrogen (secondary N) is 1. The molecule has 0 saturated heterocycles. The Bertz CT molecular complexity index is 704. The Morgan fingerprint density at radius 1 is 1.22 bits per heavy atom. The van der Waals surface area contributed by atoms with Crippen LogP contribution < -0.4 is 10.2 Å². The lowest BCUT2D eigenvalue weighted by atomic mass is 9.85. The minimum atomic E-state index is -0.270. The molecular formula is C18H21N3O2. The average Bonchev–Trinajstić information content (AvgIpc) is 2.54. The molecule has 0 atom stereocenters. The molecule has 2 aromatic rings. The van der Waals surface area contributed by atoms with Crippen LogP contribution in [-0.2, 0) is 5.41 Å². The summed E-state index contributed by atoms with van der Waals surface area (Å²) in [5.74, 6) is 0.573. The molecule has 0 radical (unpaired) electrons. The van der Waals surface area contributed by atoms with Gasteiger partial charge in [0.2, 0.25) is 0 Å². The van der Waals surface area contributed by atoms with Gasteiger partial charge in [-0.2, -0.15) is 5.10 Å². The zero-order valence-electron chi connectivity index (χ0n) is 13.8. The average molecular weight is 311 g/mol. The van der Waals surface area contributed by atoms with Gasteiger partial charge in [0.1, 0.15) is 5.75 Å². The first-order chi connectivity index (χ1) is 10.9. The number of hydrazone groups is 1. The molecule has 0 bridgehead atoms. The highest BCUT2D eigenvalue weighted by Crippen LogP contribution is 2.31. The predicted molar refractivity (Wildman–Crippen MR) is 91.0 cm³/mol. The number of rotatable bonds is 4. The molecule has 0 fully saturated rings. The predicted octanol–water partition coefficient (Wildman–Crippen LogP) is 3.15. The van der Waals surface area contributed by atoms with Gasteiger partial charge in [-0.25, -0.2) is 5.43 Å². The lowest BCUT2D eigenvalue weighted by Crippen LogP contribution is -2.17. The zero-order chi connectivity index (χ0) is 16.9. The number of ether oxygens (including phenoxy) is 1. The number of hydrogen-bond donors (Lipinski definition) is 1. The van der Waals surface area contributed by atoms with Crippen molar-refractivity contribution in [1.29, 1.82) is 0 Å². The third-order valence-electron chi connectivity index (χ3n) is 3.35. The maximum Gasteiger partial charge on any atom is 0.271 e. The standard InChI is InChI=1S/C18H21N3O2/c1-18(2,3)15-11-13(5-6-16(15)23-4)12-20-21-17(22)14-7-9-19-10-8-14/h5-12H,1-4H3,(H,21,22). The fourth-order valence-electron chi connectivity index (χ4n) is 2.13. The van der Waals surface area contributed by atoms with Crippen molar-refractivity contribution in [3.8, 4) is 5.75 Å². The van der Waals surface area contributed by atoms with E-state index in [1.165, 1.54) is 0 Å². The molecule has 1 aromatic carbocycles. The van der Waals surface area contributed by atoms with Crippen LogP contribution in [0.4, 0.5) is 0 Å². The fourth-order valence-corrected chi connectivity index (χ4v) is 2.13. The monoisotopic (exact) mass is 311 g/mol. The van der Waals surface area contributed by atoms with E-state index in [0.29, 0.717) is 5.56 Å². The summed E-state index contributed by atoms with van der Waals surface area (Å²) in [6, 6.07) is 9.09. The molecular weight excluding hydrogens is 290 g/mol. The summed E-state index contributed by atoms with van der Waals surface area (Å²) in [6.07, 6.45) is 4.75. The number of pyridine rings is 1. The lowest BCUT2D eigenvalue weighted by molar-refractivity contribution is 0.0955. The summed E-state index contributed by atoms with van der Waals surface area (Å²) < 4.78 is 5.41. The SMILES string of the molecule is COc1ccc(C=NNC(=O)c2ccncc2)cc1C(C)(C)C. The van der Waals surface area contributed by atoms with Crippen LogP contribution in [0.2, 0.25) is 0 Å². The minimum absolute atomic E-state index is 0.0462. The van der Waals surface area contributed by atoms with Gasteiger partial charge in [0.05, 0.1) is 13.3 Å². The number of nitrogens with zero attached hydrogens (tertiary/aromatic N) is 2. The van der Waals surface area contributed by atoms with Crippen molar-refractivity contribution in [3.05, 3.63) is 59.4 Å². The number of amides is 1. The maximum atomic E-state index is 11.9. The number of carbonyl (C=O) groups excluding carboxylic acids is 1.